The standard InChI is InChI=1S/C27H29N3O3.C21H26FN3O2.C20H23N3O3.C19H23N3O3/c1-20(30-17-14-23(15-18-30)27(32)29-25-9-5-6-16-28-25)26(31)22-10-12-24(13-11-22)33-19-21-7-3-2-4-8-21;22-18-5-3-16(4-6-18)20(26)2-1-13-25-14-9-17(10-15-25)21(27)24-19-7-11-23-12-8-19;1-14(19(25)15-5-7-17(24)8-6-15)23-12-9-16(10-13-23)20(26)22-18-4-2-3-11-21-18;23-16-4-6-17(7-5-16)25-14-13-22-11-8-15(9-12-22)19(24)21-18-3-1-2-10-20-18/h2-13,16,20,23H,14-15,17-19H2,1H3,(H,28,29,32);3-8,11-12,17,20,26H,1-2,9-10,13-15H2,(H,23,24,27);2-8,11,14,16,24H,9-10,12-13H2,1H3,(H,21,22,26);1-7,10,15,23H,8-9,11-14H2,(H,20,21,24). The molecule has 4 amide bonds. The number of hydrogen-bond donors (Lipinski definition) is 7. The van der Waals surface area contributed by atoms with Crippen LogP contribution >= 0.6 is 0 Å². The summed E-state index contributed by atoms with van der Waals surface area (Å²) in [5.41, 5.74) is 3.90. The number of benzene rings is 5. The maximum Gasteiger partial charge on any atom is 0.228 e. The lowest BCUT2D eigenvalue weighted by atomic mass is 9.93. The maximum absolute atomic E-state index is 13.0. The molecule has 24 heteroatoms. The minimum atomic E-state index is -0.561. The number of amides is 4. The number of pyridine rings is 4. The number of ether oxygens (including phenoxy) is 2. The van der Waals surface area contributed by atoms with Gasteiger partial charge in [0.1, 0.15) is 59.5 Å². The first-order valence-corrected chi connectivity index (χ1v) is 38.3. The second-order valence-electron chi connectivity index (χ2n) is 28.2. The number of hydrogen-bond acceptors (Lipinski definition) is 19. The van der Waals surface area contributed by atoms with Crippen molar-refractivity contribution in [2.45, 2.75) is 103 Å². The third-order valence-electron chi connectivity index (χ3n) is 20.5. The molecule has 23 nitrogen and oxygen atoms in total. The normalized spacial score (nSPS) is 16.2. The number of nitrogens with zero attached hydrogens (tertiary/aromatic N) is 8. The van der Waals surface area contributed by atoms with E-state index in [0.717, 1.165) is 113 Å². The zero-order chi connectivity index (χ0) is 78.1. The number of likely N-dealkylation sites (tertiary alicyclic amines) is 4. The molecule has 4 fully saturated rings. The second-order valence-corrected chi connectivity index (χ2v) is 28.2. The molecule has 0 aliphatic carbocycles. The zero-order valence-corrected chi connectivity index (χ0v) is 63.0. The Morgan fingerprint density at radius 1 is 0.441 bits per heavy atom. The molecule has 0 saturated carbocycles. The number of carbonyl (C=O) groups excluding carboxylic acids is 6. The van der Waals surface area contributed by atoms with Crippen LogP contribution < -0.4 is 30.7 Å². The number of aromatic hydroxyl groups is 2. The van der Waals surface area contributed by atoms with E-state index in [1.54, 1.807) is 116 Å². The van der Waals surface area contributed by atoms with Gasteiger partial charge >= 0.3 is 0 Å². The van der Waals surface area contributed by atoms with Gasteiger partial charge in [-0.1, -0.05) is 60.7 Å². The number of aliphatic hydroxyl groups excluding tert-OH is 1. The van der Waals surface area contributed by atoms with E-state index in [9.17, 15) is 48.5 Å². The van der Waals surface area contributed by atoms with Crippen LogP contribution in [0.2, 0.25) is 0 Å². The van der Waals surface area contributed by atoms with Gasteiger partial charge < -0.3 is 51.0 Å². The number of aliphatic hydroxyl groups is 1. The summed E-state index contributed by atoms with van der Waals surface area (Å²) >= 11 is 0. The Balaban J connectivity index is 0.000000158. The molecule has 111 heavy (non-hydrogen) atoms. The number of carbonyl (C=O) groups is 6. The molecule has 4 saturated heterocycles. The summed E-state index contributed by atoms with van der Waals surface area (Å²) in [6, 6.07) is 55.8. The van der Waals surface area contributed by atoms with Crippen LogP contribution in [-0.4, -0.2) is 174 Å². The lowest BCUT2D eigenvalue weighted by molar-refractivity contribution is -0.122. The Morgan fingerprint density at radius 3 is 1.27 bits per heavy atom. The second kappa shape index (κ2) is 43.3. The van der Waals surface area contributed by atoms with Gasteiger partial charge in [-0.15, -0.1) is 0 Å². The van der Waals surface area contributed by atoms with Gasteiger partial charge in [0.15, 0.2) is 11.6 Å². The Hall–Kier alpha value is -11.2. The molecule has 7 N–H and O–H groups in total. The molecular formula is C87H101FN12O11. The van der Waals surface area contributed by atoms with Crippen molar-refractivity contribution in [1.29, 1.82) is 0 Å². The number of aromatic nitrogens is 4. The SMILES string of the molecule is CC(C(=O)c1ccc(O)cc1)N1CCC(C(=O)Nc2ccccn2)CC1.CC(C(=O)c1ccc(OCc2ccccc2)cc1)N1CCC(C(=O)Nc2ccccn2)CC1.O=C(Nc1ccccn1)C1CCN(CCOc2ccc(O)cc2)CC1.O=C(Nc1ccncc1)C1CCN(CCCC(O)c2ccc(F)cc2)CC1. The first kappa shape index (κ1) is 82.3. The first-order chi connectivity index (χ1) is 54.0. The van der Waals surface area contributed by atoms with Crippen molar-refractivity contribution < 1.29 is 58.0 Å². The zero-order valence-electron chi connectivity index (χ0n) is 63.0. The Labute approximate surface area is 648 Å². The number of piperidine rings is 4. The Morgan fingerprint density at radius 2 is 0.829 bits per heavy atom. The van der Waals surface area contributed by atoms with Gasteiger partial charge in [0.05, 0.1) is 18.2 Å². The third kappa shape index (κ3) is 26.8. The fourth-order valence-electron chi connectivity index (χ4n) is 13.7. The monoisotopic (exact) mass is 1510 g/mol. The van der Waals surface area contributed by atoms with Crippen molar-refractivity contribution >= 4 is 58.3 Å². The molecule has 3 atom stereocenters. The van der Waals surface area contributed by atoms with Crippen LogP contribution in [0.5, 0.6) is 23.0 Å². The molecule has 5 aromatic carbocycles. The van der Waals surface area contributed by atoms with E-state index in [-0.39, 0.29) is 88.3 Å². The van der Waals surface area contributed by atoms with Gasteiger partial charge in [-0.05, 0) is 282 Å². The summed E-state index contributed by atoms with van der Waals surface area (Å²) in [4.78, 5) is 100. The minimum absolute atomic E-state index is 0.00146. The number of ketones is 2. The van der Waals surface area contributed by atoms with Crippen LogP contribution in [0, 0.1) is 29.5 Å². The smallest absolute Gasteiger partial charge is 0.228 e. The number of rotatable bonds is 26. The largest absolute Gasteiger partial charge is 0.508 e. The fraction of sp³-hybridized carbons (Fsp3) is 0.356. The van der Waals surface area contributed by atoms with E-state index in [0.29, 0.717) is 87.2 Å². The van der Waals surface area contributed by atoms with Crippen LogP contribution in [0.3, 0.4) is 0 Å². The van der Waals surface area contributed by atoms with E-state index < -0.39 is 6.10 Å². The van der Waals surface area contributed by atoms with Gasteiger partial charge in [0.2, 0.25) is 23.6 Å². The van der Waals surface area contributed by atoms with Crippen LogP contribution in [0.4, 0.5) is 27.5 Å². The van der Waals surface area contributed by atoms with Gasteiger partial charge in [-0.3, -0.25) is 48.5 Å². The van der Waals surface area contributed by atoms with Gasteiger partial charge in [0, 0.05) is 78.0 Å². The number of nitrogens with one attached hydrogen (secondary N) is 4. The lowest BCUT2D eigenvalue weighted by Crippen LogP contribution is -2.45. The molecule has 13 rings (SSSR count). The van der Waals surface area contributed by atoms with Crippen molar-refractivity contribution in [3.63, 3.8) is 0 Å². The number of phenolic OH excluding ortho intramolecular Hbond substituents is 2. The first-order valence-electron chi connectivity index (χ1n) is 38.3. The maximum atomic E-state index is 13.0. The topological polar surface area (TPSA) is 294 Å². The molecule has 4 aliphatic rings. The van der Waals surface area contributed by atoms with Gasteiger partial charge in [-0.25, -0.2) is 19.3 Å². The average molecular weight is 1510 g/mol. The molecule has 9 aromatic rings. The van der Waals surface area contributed by atoms with E-state index in [4.69, 9.17) is 9.47 Å². The summed E-state index contributed by atoms with van der Waals surface area (Å²) in [7, 11) is 0. The third-order valence-corrected chi connectivity index (χ3v) is 20.5. The molecule has 0 bridgehead atoms. The molecule has 0 spiro atoms. The highest BCUT2D eigenvalue weighted by Gasteiger charge is 2.33. The Bertz CT molecular complexity index is 4290. The van der Waals surface area contributed by atoms with Gasteiger partial charge in [-0.2, -0.15) is 0 Å². The summed E-state index contributed by atoms with van der Waals surface area (Å²) < 4.78 is 24.4. The molecule has 582 valence electrons. The molecule has 3 unspecified atom stereocenters. The highest BCUT2D eigenvalue weighted by atomic mass is 19.1. The van der Waals surface area contributed by atoms with Crippen molar-refractivity contribution in [2.75, 3.05) is 93.3 Å². The van der Waals surface area contributed by atoms with Crippen LogP contribution in [0.15, 0.2) is 225 Å². The quantitative estimate of drug-likeness (QED) is 0.0248. The predicted molar refractivity (Wildman–Crippen MR) is 425 cm³/mol. The summed E-state index contributed by atoms with van der Waals surface area (Å²) in [6.45, 7) is 13.0. The predicted octanol–water partition coefficient (Wildman–Crippen LogP) is 13.2. The number of halogens is 1. The summed E-state index contributed by atoms with van der Waals surface area (Å²) in [5.74, 6) is 3.51. The summed E-state index contributed by atoms with van der Waals surface area (Å²) in [6.07, 6.45) is 15.5. The van der Waals surface area contributed by atoms with Crippen LogP contribution in [0.1, 0.15) is 116 Å². The average Bonchev–Trinajstić information content (AvgIpc) is 0.836. The van der Waals surface area contributed by atoms with Crippen molar-refractivity contribution in [2.24, 2.45) is 23.7 Å². The minimum Gasteiger partial charge on any atom is -0.508 e. The summed E-state index contributed by atoms with van der Waals surface area (Å²) in [5, 5.41) is 40.4. The molecule has 8 heterocycles. The van der Waals surface area contributed by atoms with Gasteiger partial charge in [0.25, 0.3) is 0 Å². The lowest BCUT2D eigenvalue weighted by Gasteiger charge is -2.34. The van der Waals surface area contributed by atoms with Crippen LogP contribution in [-0.2, 0) is 25.8 Å². The highest BCUT2D eigenvalue weighted by molar-refractivity contribution is 6.01. The van der Waals surface area contributed by atoms with E-state index in [2.05, 4.69) is 60.8 Å². The molecule has 4 aliphatic heterocycles. The molecule has 0 radical (unpaired) electrons. The van der Waals surface area contributed by atoms with E-state index in [1.807, 2.05) is 98.8 Å². The van der Waals surface area contributed by atoms with Crippen LogP contribution in [0.25, 0.3) is 0 Å². The highest BCUT2D eigenvalue weighted by Crippen LogP contribution is 2.28. The molecular weight excluding hydrogens is 1410 g/mol. The number of phenols is 2. The van der Waals surface area contributed by atoms with E-state index in [1.165, 1.54) is 24.3 Å². The Kier molecular flexibility index (Phi) is 32.1. The van der Waals surface area contributed by atoms with Crippen molar-refractivity contribution in [3.8, 4) is 23.0 Å². The fourth-order valence-corrected chi connectivity index (χ4v) is 13.7. The molecule has 4 aromatic heterocycles. The van der Waals surface area contributed by atoms with Crippen molar-refractivity contribution in [3.05, 3.63) is 253 Å². The number of Topliss-reactive ketones (excluding diaryl/α,β-unsaturated/α-hetero) is 2. The number of anilines is 4. The van der Waals surface area contributed by atoms with E-state index >= 15 is 0 Å². The van der Waals surface area contributed by atoms with Crippen molar-refractivity contribution in [1.82, 2.24) is 39.5 Å².